The number of nitrogens with zero attached hydrogens (tertiary/aromatic N) is 1. The highest BCUT2D eigenvalue weighted by Gasteiger charge is 2.30. The molecule has 33 heavy (non-hydrogen) atoms. The molecule has 0 spiro atoms. The quantitative estimate of drug-likeness (QED) is 0.424. The third-order valence-electron chi connectivity index (χ3n) is 5.08. The lowest BCUT2D eigenvalue weighted by Gasteiger charge is -2.19. The molecule has 0 fully saturated rings. The summed E-state index contributed by atoms with van der Waals surface area (Å²) < 4.78 is 40.5. The van der Waals surface area contributed by atoms with Crippen LogP contribution < -0.4 is 14.9 Å². The van der Waals surface area contributed by atoms with Crippen LogP contribution in [0.1, 0.15) is 11.1 Å². The van der Waals surface area contributed by atoms with Gasteiger partial charge < -0.3 is 5.32 Å². The number of anilines is 2. The molecule has 0 aliphatic carbocycles. The molecule has 0 saturated heterocycles. The summed E-state index contributed by atoms with van der Waals surface area (Å²) in [6, 6.07) is 19.3. The number of nitrogens with one attached hydrogen (secondary N) is 2. The van der Waals surface area contributed by atoms with Gasteiger partial charge in [0.05, 0.1) is 10.6 Å². The zero-order valence-electron chi connectivity index (χ0n) is 17.4. The van der Waals surface area contributed by atoms with E-state index in [1.165, 1.54) is 40.7 Å². The van der Waals surface area contributed by atoms with Gasteiger partial charge in [-0.25, -0.2) is 12.8 Å². The second-order valence-electron chi connectivity index (χ2n) is 7.31. The van der Waals surface area contributed by atoms with Gasteiger partial charge in [-0.2, -0.15) is 0 Å². The Labute approximate surface area is 196 Å². The Kier molecular flexibility index (Phi) is 6.52. The van der Waals surface area contributed by atoms with E-state index in [9.17, 15) is 17.6 Å². The first kappa shape index (κ1) is 22.6. The second kappa shape index (κ2) is 9.51. The molecular weight excluding hydrogens is 461 g/mol. The first-order valence-corrected chi connectivity index (χ1v) is 11.9. The van der Waals surface area contributed by atoms with Gasteiger partial charge in [0, 0.05) is 18.3 Å². The zero-order valence-corrected chi connectivity index (χ0v) is 19.0. The minimum absolute atomic E-state index is 0.0628. The van der Waals surface area contributed by atoms with Crippen molar-refractivity contribution in [2.45, 2.75) is 11.3 Å². The largest absolute Gasteiger partial charge is 0.332 e. The van der Waals surface area contributed by atoms with Crippen molar-refractivity contribution in [3.05, 3.63) is 95.8 Å². The first-order chi connectivity index (χ1) is 15.8. The smallest absolute Gasteiger partial charge is 0.264 e. The third kappa shape index (κ3) is 5.27. The van der Waals surface area contributed by atoms with E-state index in [0.29, 0.717) is 29.9 Å². The number of rotatable bonds is 5. The molecule has 1 aliphatic heterocycles. The molecule has 4 rings (SSSR count). The number of hydrogen-bond donors (Lipinski definition) is 2. The zero-order chi connectivity index (χ0) is 23.4. The molecule has 0 radical (unpaired) electrons. The van der Waals surface area contributed by atoms with Crippen molar-refractivity contribution < 1.29 is 17.6 Å². The van der Waals surface area contributed by atoms with Gasteiger partial charge in [0.1, 0.15) is 5.82 Å². The number of thiocarbonyl (C=S) groups is 1. The van der Waals surface area contributed by atoms with Crippen LogP contribution in [0.4, 0.5) is 15.8 Å². The van der Waals surface area contributed by atoms with Crippen molar-refractivity contribution in [1.29, 1.82) is 0 Å². The molecule has 1 heterocycles. The van der Waals surface area contributed by atoms with E-state index in [0.717, 1.165) is 5.56 Å². The van der Waals surface area contributed by atoms with E-state index < -0.39 is 15.9 Å². The predicted octanol–water partition coefficient (Wildman–Crippen LogP) is 4.10. The molecule has 2 N–H and O–H groups in total. The summed E-state index contributed by atoms with van der Waals surface area (Å²) in [5.74, 6) is -0.810. The summed E-state index contributed by atoms with van der Waals surface area (Å²) in [5, 5.41) is 5.42. The van der Waals surface area contributed by atoms with E-state index in [1.54, 1.807) is 30.3 Å². The average molecular weight is 482 g/mol. The van der Waals surface area contributed by atoms with Gasteiger partial charge in [-0.3, -0.25) is 14.4 Å². The number of carbonyl (C=O) groups is 1. The third-order valence-corrected chi connectivity index (χ3v) is 7.11. The molecule has 9 heteroatoms. The number of halogens is 1. The van der Waals surface area contributed by atoms with Gasteiger partial charge >= 0.3 is 0 Å². The lowest BCUT2D eigenvalue weighted by Crippen LogP contribution is -2.32. The highest BCUT2D eigenvalue weighted by Crippen LogP contribution is 2.32. The number of amides is 1. The molecule has 3 aromatic carbocycles. The van der Waals surface area contributed by atoms with Crippen molar-refractivity contribution in [3.8, 4) is 0 Å². The molecule has 0 aromatic heterocycles. The van der Waals surface area contributed by atoms with E-state index in [1.807, 2.05) is 18.2 Å². The number of fused-ring (bicyclic) bond motifs is 1. The summed E-state index contributed by atoms with van der Waals surface area (Å²) in [4.78, 5) is 12.2. The Bertz CT molecular complexity index is 1320. The van der Waals surface area contributed by atoms with Crippen LogP contribution in [-0.4, -0.2) is 26.0 Å². The van der Waals surface area contributed by atoms with E-state index in [4.69, 9.17) is 12.2 Å². The van der Waals surface area contributed by atoms with Crippen LogP contribution in [0.2, 0.25) is 0 Å². The number of benzene rings is 3. The van der Waals surface area contributed by atoms with E-state index in [-0.39, 0.29) is 15.8 Å². The summed E-state index contributed by atoms with van der Waals surface area (Å²) in [7, 11) is -3.68. The summed E-state index contributed by atoms with van der Waals surface area (Å²) in [6.07, 6.45) is 3.50. The van der Waals surface area contributed by atoms with Crippen LogP contribution >= 0.6 is 12.2 Å². The Morgan fingerprint density at radius 3 is 2.42 bits per heavy atom. The highest BCUT2D eigenvalue weighted by atomic mass is 32.2. The van der Waals surface area contributed by atoms with Gasteiger partial charge in [0.2, 0.25) is 5.91 Å². The Morgan fingerprint density at radius 2 is 1.70 bits per heavy atom. The summed E-state index contributed by atoms with van der Waals surface area (Å²) in [5.41, 5.74) is 2.91. The SMILES string of the molecule is O=C(C=Cc1ccc(F)cc1)NC(=S)Nc1ccc(S(=O)(=O)N2CCc3ccccc32)cc1. The van der Waals surface area contributed by atoms with Gasteiger partial charge in [0.15, 0.2) is 5.11 Å². The maximum atomic E-state index is 13.1. The average Bonchev–Trinajstić information content (AvgIpc) is 3.24. The predicted molar refractivity (Wildman–Crippen MR) is 131 cm³/mol. The van der Waals surface area contributed by atoms with Crippen molar-refractivity contribution in [3.63, 3.8) is 0 Å². The van der Waals surface area contributed by atoms with E-state index in [2.05, 4.69) is 10.6 Å². The Balaban J connectivity index is 1.37. The van der Waals surface area contributed by atoms with Crippen LogP contribution in [0, 0.1) is 5.82 Å². The molecule has 0 unspecified atom stereocenters. The molecule has 0 saturated carbocycles. The molecule has 1 amide bonds. The van der Waals surface area contributed by atoms with Crippen molar-refractivity contribution in [2.75, 3.05) is 16.2 Å². The maximum absolute atomic E-state index is 13.1. The fourth-order valence-electron chi connectivity index (χ4n) is 3.46. The van der Waals surface area contributed by atoms with Crippen molar-refractivity contribution >= 4 is 50.7 Å². The Hall–Kier alpha value is -3.56. The maximum Gasteiger partial charge on any atom is 0.264 e. The number of carbonyl (C=O) groups excluding carboxylic acids is 1. The summed E-state index contributed by atoms with van der Waals surface area (Å²) in [6.45, 7) is 0.406. The van der Waals surface area contributed by atoms with Gasteiger partial charge in [-0.15, -0.1) is 0 Å². The highest BCUT2D eigenvalue weighted by molar-refractivity contribution is 7.92. The minimum atomic E-state index is -3.68. The van der Waals surface area contributed by atoms with E-state index >= 15 is 0 Å². The molecule has 168 valence electrons. The number of para-hydroxylation sites is 1. The standard InChI is InChI=1S/C24H20FN3O3S2/c25-19-8-5-17(6-9-19)7-14-23(29)27-24(32)26-20-10-12-21(13-11-20)33(30,31)28-16-15-18-3-1-2-4-22(18)28/h1-14H,15-16H2,(H2,26,27,29,32). The molecule has 1 aliphatic rings. The van der Waals surface area contributed by atoms with Crippen LogP contribution in [0.15, 0.2) is 83.8 Å². The fraction of sp³-hybridized carbons (Fsp3) is 0.0833. The second-order valence-corrected chi connectivity index (χ2v) is 9.58. The molecular formula is C24H20FN3O3S2. The monoisotopic (exact) mass is 481 g/mol. The molecule has 3 aromatic rings. The van der Waals surface area contributed by atoms with Crippen LogP contribution in [-0.2, 0) is 21.2 Å². The van der Waals surface area contributed by atoms with Crippen LogP contribution in [0.25, 0.3) is 6.08 Å². The van der Waals surface area contributed by atoms with Gasteiger partial charge in [0.25, 0.3) is 10.0 Å². The minimum Gasteiger partial charge on any atom is -0.332 e. The molecule has 0 atom stereocenters. The number of hydrogen-bond acceptors (Lipinski definition) is 4. The van der Waals surface area contributed by atoms with Crippen molar-refractivity contribution in [2.24, 2.45) is 0 Å². The molecule has 0 bridgehead atoms. The van der Waals surface area contributed by atoms with Gasteiger partial charge in [-0.1, -0.05) is 30.3 Å². The first-order valence-electron chi connectivity index (χ1n) is 10.1. The topological polar surface area (TPSA) is 78.5 Å². The Morgan fingerprint density at radius 1 is 1.00 bits per heavy atom. The fourth-order valence-corrected chi connectivity index (χ4v) is 5.18. The molecule has 6 nitrogen and oxygen atoms in total. The lowest BCUT2D eigenvalue weighted by atomic mass is 10.2. The van der Waals surface area contributed by atoms with Crippen molar-refractivity contribution in [1.82, 2.24) is 5.32 Å². The summed E-state index contributed by atoms with van der Waals surface area (Å²) >= 11 is 5.14. The normalized spacial score (nSPS) is 13.1. The van der Waals surface area contributed by atoms with Crippen LogP contribution in [0.5, 0.6) is 0 Å². The van der Waals surface area contributed by atoms with Gasteiger partial charge in [-0.05, 0) is 78.3 Å². The van der Waals surface area contributed by atoms with Crippen LogP contribution in [0.3, 0.4) is 0 Å². The lowest BCUT2D eigenvalue weighted by molar-refractivity contribution is -0.115. The number of sulfonamides is 1.